The zero-order valence-electron chi connectivity index (χ0n) is 17.5. The van der Waals surface area contributed by atoms with Crippen molar-refractivity contribution in [2.24, 2.45) is 0 Å². The van der Waals surface area contributed by atoms with Crippen LogP contribution >= 0.6 is 22.9 Å². The van der Waals surface area contributed by atoms with E-state index in [2.05, 4.69) is 9.88 Å². The number of para-hydroxylation sites is 1. The van der Waals surface area contributed by atoms with Crippen molar-refractivity contribution in [3.05, 3.63) is 53.3 Å². The van der Waals surface area contributed by atoms with E-state index >= 15 is 0 Å². The molecule has 0 atom stereocenters. The van der Waals surface area contributed by atoms with Gasteiger partial charge in [-0.25, -0.2) is 9.37 Å². The normalized spacial score (nSPS) is 11.8. The Bertz CT molecular complexity index is 1020. The molecule has 0 radical (unpaired) electrons. The van der Waals surface area contributed by atoms with Gasteiger partial charge in [0.2, 0.25) is 0 Å². The molecule has 0 aliphatic heterocycles. The van der Waals surface area contributed by atoms with Crippen LogP contribution in [0.2, 0.25) is 5.02 Å². The van der Waals surface area contributed by atoms with Gasteiger partial charge in [0.1, 0.15) is 17.1 Å². The fraction of sp³-hybridized carbons (Fsp3) is 0.364. The van der Waals surface area contributed by atoms with E-state index in [1.165, 1.54) is 17.4 Å². The highest BCUT2D eigenvalue weighted by Crippen LogP contribution is 2.32. The summed E-state index contributed by atoms with van der Waals surface area (Å²) in [5, 5.41) is 1.06. The quantitative estimate of drug-likeness (QED) is 0.472. The van der Waals surface area contributed by atoms with Crippen LogP contribution in [0, 0.1) is 5.82 Å². The lowest BCUT2D eigenvalue weighted by atomic mass is 10.1. The number of thiazole rings is 1. The molecule has 0 saturated heterocycles. The van der Waals surface area contributed by atoms with Gasteiger partial charge in [-0.1, -0.05) is 29.0 Å². The molecule has 0 bridgehead atoms. The van der Waals surface area contributed by atoms with Crippen LogP contribution in [0.15, 0.2) is 42.5 Å². The van der Waals surface area contributed by atoms with Gasteiger partial charge in [0.15, 0.2) is 10.7 Å². The van der Waals surface area contributed by atoms with Gasteiger partial charge in [-0.05, 0) is 77.3 Å². The number of fused-ring (bicyclic) bond motifs is 1. The van der Waals surface area contributed by atoms with Gasteiger partial charge in [0.25, 0.3) is 5.91 Å². The van der Waals surface area contributed by atoms with Crippen molar-refractivity contribution in [1.82, 2.24) is 9.88 Å². The van der Waals surface area contributed by atoms with Crippen molar-refractivity contribution < 1.29 is 13.9 Å². The van der Waals surface area contributed by atoms with E-state index < -0.39 is 11.4 Å². The van der Waals surface area contributed by atoms with Crippen molar-refractivity contribution in [2.45, 2.75) is 25.9 Å². The zero-order chi connectivity index (χ0) is 21.9. The Kier molecular flexibility index (Phi) is 6.95. The third-order valence-corrected chi connectivity index (χ3v) is 5.82. The minimum absolute atomic E-state index is 0.240. The summed E-state index contributed by atoms with van der Waals surface area (Å²) in [6.45, 7) is 4.70. The molecule has 8 heteroatoms. The number of rotatable bonds is 8. The molecule has 0 spiro atoms. The number of ether oxygens (including phenoxy) is 1. The number of halogens is 2. The Morgan fingerprint density at radius 2 is 1.87 bits per heavy atom. The second-order valence-electron chi connectivity index (χ2n) is 7.76. The molecule has 3 aromatic rings. The molecule has 0 fully saturated rings. The molecule has 2 aromatic carbocycles. The van der Waals surface area contributed by atoms with Gasteiger partial charge in [-0.15, -0.1) is 0 Å². The van der Waals surface area contributed by atoms with E-state index in [-0.39, 0.29) is 11.4 Å². The van der Waals surface area contributed by atoms with Gasteiger partial charge >= 0.3 is 0 Å². The first-order valence-corrected chi connectivity index (χ1v) is 10.8. The van der Waals surface area contributed by atoms with Crippen LogP contribution in [0.5, 0.6) is 5.75 Å². The van der Waals surface area contributed by atoms with Crippen molar-refractivity contribution >= 4 is 44.2 Å². The van der Waals surface area contributed by atoms with E-state index in [1.54, 1.807) is 55.1 Å². The minimum Gasteiger partial charge on any atom is -0.478 e. The van der Waals surface area contributed by atoms with Crippen LogP contribution in [0.1, 0.15) is 20.3 Å². The molecule has 1 aromatic heterocycles. The summed E-state index contributed by atoms with van der Waals surface area (Å²) in [5.41, 5.74) is -0.873. The number of amides is 1. The molecule has 0 aliphatic carbocycles. The second-order valence-corrected chi connectivity index (χ2v) is 9.21. The first-order chi connectivity index (χ1) is 14.2. The SMILES string of the molecule is CN(C)CCCN(C(=O)C(C)(C)Oc1ccc(Cl)cc1)c1nc2c(F)cccc2s1. The minimum atomic E-state index is -1.15. The molecule has 1 amide bonds. The number of anilines is 1. The van der Waals surface area contributed by atoms with Gasteiger partial charge in [0, 0.05) is 11.6 Å². The number of benzene rings is 2. The third kappa shape index (κ3) is 5.28. The largest absolute Gasteiger partial charge is 0.478 e. The average molecular weight is 450 g/mol. The molecule has 3 rings (SSSR count). The molecule has 160 valence electrons. The van der Waals surface area contributed by atoms with Crippen LogP contribution in [0.3, 0.4) is 0 Å². The predicted molar refractivity (Wildman–Crippen MR) is 121 cm³/mol. The van der Waals surface area contributed by atoms with Crippen LogP contribution in [-0.2, 0) is 4.79 Å². The van der Waals surface area contributed by atoms with E-state index in [0.717, 1.165) is 13.0 Å². The van der Waals surface area contributed by atoms with Gasteiger partial charge < -0.3 is 9.64 Å². The number of aromatic nitrogens is 1. The van der Waals surface area contributed by atoms with Crippen molar-refractivity contribution in [1.29, 1.82) is 0 Å². The summed E-state index contributed by atoms with van der Waals surface area (Å²) in [4.78, 5) is 21.6. The summed E-state index contributed by atoms with van der Waals surface area (Å²) in [6.07, 6.45) is 0.744. The number of hydrogen-bond acceptors (Lipinski definition) is 5. The fourth-order valence-corrected chi connectivity index (χ4v) is 4.14. The molecule has 0 saturated carbocycles. The van der Waals surface area contributed by atoms with Crippen LogP contribution in [0.25, 0.3) is 10.2 Å². The molecule has 1 heterocycles. The Morgan fingerprint density at radius 1 is 1.17 bits per heavy atom. The Morgan fingerprint density at radius 3 is 2.50 bits per heavy atom. The van der Waals surface area contributed by atoms with Crippen molar-refractivity contribution in [3.8, 4) is 5.75 Å². The first kappa shape index (κ1) is 22.5. The summed E-state index contributed by atoms with van der Waals surface area (Å²) < 4.78 is 20.9. The van der Waals surface area contributed by atoms with Crippen molar-refractivity contribution in [2.75, 3.05) is 32.1 Å². The zero-order valence-corrected chi connectivity index (χ0v) is 19.1. The molecule has 0 unspecified atom stereocenters. The lowest BCUT2D eigenvalue weighted by Gasteiger charge is -2.31. The van der Waals surface area contributed by atoms with Gasteiger partial charge in [0.05, 0.1) is 4.70 Å². The average Bonchev–Trinajstić information content (AvgIpc) is 3.11. The lowest BCUT2D eigenvalue weighted by Crippen LogP contribution is -2.49. The maximum atomic E-state index is 14.2. The number of hydrogen-bond donors (Lipinski definition) is 0. The fourth-order valence-electron chi connectivity index (χ4n) is 3.01. The highest BCUT2D eigenvalue weighted by molar-refractivity contribution is 7.22. The van der Waals surface area contributed by atoms with E-state index in [0.29, 0.717) is 27.1 Å². The third-order valence-electron chi connectivity index (χ3n) is 4.52. The van der Waals surface area contributed by atoms with E-state index in [1.807, 2.05) is 14.1 Å². The molecule has 0 N–H and O–H groups in total. The summed E-state index contributed by atoms with van der Waals surface area (Å²) in [7, 11) is 3.96. The molecule has 0 aliphatic rings. The van der Waals surface area contributed by atoms with Crippen LogP contribution in [0.4, 0.5) is 9.52 Å². The van der Waals surface area contributed by atoms with Gasteiger partial charge in [-0.3, -0.25) is 9.69 Å². The first-order valence-electron chi connectivity index (χ1n) is 9.64. The molecule has 5 nitrogen and oxygen atoms in total. The number of carbonyl (C=O) groups excluding carboxylic acids is 1. The van der Waals surface area contributed by atoms with Gasteiger partial charge in [-0.2, -0.15) is 0 Å². The Balaban J connectivity index is 1.90. The summed E-state index contributed by atoms with van der Waals surface area (Å²) in [5.74, 6) is -0.0932. The molecule has 30 heavy (non-hydrogen) atoms. The maximum absolute atomic E-state index is 14.2. The molecular formula is C22H25ClFN3O2S. The van der Waals surface area contributed by atoms with Crippen molar-refractivity contribution in [3.63, 3.8) is 0 Å². The lowest BCUT2D eigenvalue weighted by molar-refractivity contribution is -0.131. The Hall–Kier alpha value is -2.22. The van der Waals surface area contributed by atoms with E-state index in [4.69, 9.17) is 16.3 Å². The molecular weight excluding hydrogens is 425 g/mol. The number of carbonyl (C=O) groups is 1. The topological polar surface area (TPSA) is 45.7 Å². The second kappa shape index (κ2) is 9.29. The summed E-state index contributed by atoms with van der Waals surface area (Å²) in [6, 6.07) is 11.7. The van der Waals surface area contributed by atoms with Crippen LogP contribution < -0.4 is 9.64 Å². The Labute approximate surface area is 185 Å². The monoisotopic (exact) mass is 449 g/mol. The maximum Gasteiger partial charge on any atom is 0.272 e. The highest BCUT2D eigenvalue weighted by atomic mass is 35.5. The highest BCUT2D eigenvalue weighted by Gasteiger charge is 2.36. The van der Waals surface area contributed by atoms with E-state index in [9.17, 15) is 9.18 Å². The standard InChI is InChI=1S/C22H25ClFN3O2S/c1-22(2,29-16-11-9-15(23)10-12-16)20(28)27(14-6-13-26(3)4)21-25-19-17(24)7-5-8-18(19)30-21/h5,7-12H,6,13-14H2,1-4H3. The van der Waals surface area contributed by atoms with Crippen LogP contribution in [-0.4, -0.2) is 48.6 Å². The summed E-state index contributed by atoms with van der Waals surface area (Å²) >= 11 is 7.24. The predicted octanol–water partition coefficient (Wildman–Crippen LogP) is 5.23. The number of nitrogens with zero attached hydrogens (tertiary/aromatic N) is 3. The smallest absolute Gasteiger partial charge is 0.272 e.